The van der Waals surface area contributed by atoms with Crippen LogP contribution >= 0.6 is 11.6 Å². The zero-order valence-corrected chi connectivity index (χ0v) is 23.2. The minimum atomic E-state index is -1.02. The Morgan fingerprint density at radius 2 is 2.00 bits per heavy atom. The molecule has 1 amide bonds. The van der Waals surface area contributed by atoms with Gasteiger partial charge >= 0.3 is 6.09 Å². The van der Waals surface area contributed by atoms with Crippen molar-refractivity contribution >= 4 is 28.7 Å². The molecule has 6 rings (SSSR count). The lowest BCUT2D eigenvalue weighted by Crippen LogP contribution is -2.53. The third-order valence-electron chi connectivity index (χ3n) is 8.84. The van der Waals surface area contributed by atoms with Gasteiger partial charge in [-0.3, -0.25) is 9.69 Å². The van der Waals surface area contributed by atoms with Gasteiger partial charge in [0.1, 0.15) is 22.5 Å². The van der Waals surface area contributed by atoms with Crippen molar-refractivity contribution in [1.82, 2.24) is 15.1 Å². The van der Waals surface area contributed by atoms with E-state index in [9.17, 15) is 24.9 Å². The summed E-state index contributed by atoms with van der Waals surface area (Å²) in [4.78, 5) is 29.9. The molecule has 4 N–H and O–H groups in total. The number of nitrogens with one attached hydrogen (secondary N) is 1. The Bertz CT molecular complexity index is 1510. The molecule has 1 aromatic heterocycles. The van der Waals surface area contributed by atoms with Crippen molar-refractivity contribution in [3.8, 4) is 17.1 Å². The maximum atomic E-state index is 13.5. The van der Waals surface area contributed by atoms with E-state index in [0.717, 1.165) is 19.4 Å². The quantitative estimate of drug-likeness (QED) is 0.359. The molecule has 2 saturated heterocycles. The van der Waals surface area contributed by atoms with Gasteiger partial charge in [-0.15, -0.1) is 0 Å². The molecule has 1 unspecified atom stereocenters. The normalized spacial score (nSPS) is 24.6. The fourth-order valence-corrected chi connectivity index (χ4v) is 7.04. The van der Waals surface area contributed by atoms with E-state index in [0.29, 0.717) is 60.6 Å². The summed E-state index contributed by atoms with van der Waals surface area (Å²) in [7, 11) is 1.94. The van der Waals surface area contributed by atoms with Gasteiger partial charge in [0.15, 0.2) is 5.43 Å². The molecule has 9 nitrogen and oxygen atoms in total. The van der Waals surface area contributed by atoms with Crippen LogP contribution in [0.2, 0.25) is 5.02 Å². The SMILES string of the molecule is CN1CC[C@H](c2c(C3(N(C(=O)O)C4CCCNC4)CC3)cc(O)c3c(=O)cc(-c4ccccc4Cl)oc23)[C@H](O)C1. The molecule has 2 aliphatic heterocycles. The Morgan fingerprint density at radius 1 is 1.23 bits per heavy atom. The lowest BCUT2D eigenvalue weighted by atomic mass is 9.80. The number of carboxylic acid groups (broad SMARTS) is 1. The van der Waals surface area contributed by atoms with Crippen LogP contribution in [0.4, 0.5) is 4.79 Å². The molecule has 3 fully saturated rings. The molecule has 3 atom stereocenters. The minimum absolute atomic E-state index is 0.0256. The first kappa shape index (κ1) is 27.1. The standard InChI is InChI=1S/C30H34ClN3O6/c1-33-12-8-19(24(37)16-33)26-20(30(9-10-30)34(29(38)39)17-5-4-11-32-15-17)13-22(35)27-23(36)14-25(40-28(26)27)18-6-2-3-7-21(18)31/h2-3,6-7,13-14,17,19,24,32,35,37H,4-5,8-12,15-16H2,1H3,(H,38,39)/t17?,19-,24+/m0/s1. The lowest BCUT2D eigenvalue weighted by molar-refractivity contribution is 0.0604. The number of likely N-dealkylation sites (N-methyl/N-ethyl adjacent to an activating group) is 1. The smallest absolute Gasteiger partial charge is 0.408 e. The number of amides is 1. The first-order chi connectivity index (χ1) is 19.2. The van der Waals surface area contributed by atoms with Gasteiger partial charge in [0, 0.05) is 42.2 Å². The fourth-order valence-electron chi connectivity index (χ4n) is 6.81. The number of carbonyl (C=O) groups is 1. The van der Waals surface area contributed by atoms with E-state index in [2.05, 4.69) is 5.32 Å². The molecule has 2 aromatic carbocycles. The van der Waals surface area contributed by atoms with Crippen molar-refractivity contribution in [2.45, 2.75) is 55.7 Å². The molecule has 3 aromatic rings. The second-order valence-corrected chi connectivity index (χ2v) is 11.8. The second kappa shape index (κ2) is 10.4. The number of hydrogen-bond acceptors (Lipinski definition) is 7. The van der Waals surface area contributed by atoms with Gasteiger partial charge in [-0.05, 0) is 76.0 Å². The van der Waals surface area contributed by atoms with E-state index in [1.54, 1.807) is 35.2 Å². The molecule has 1 aliphatic carbocycles. The minimum Gasteiger partial charge on any atom is -0.507 e. The summed E-state index contributed by atoms with van der Waals surface area (Å²) in [6.07, 6.45) is 1.54. The monoisotopic (exact) mass is 567 g/mol. The van der Waals surface area contributed by atoms with Gasteiger partial charge in [-0.25, -0.2) is 4.79 Å². The number of aromatic hydroxyl groups is 1. The van der Waals surface area contributed by atoms with Gasteiger partial charge < -0.3 is 30.0 Å². The van der Waals surface area contributed by atoms with Crippen LogP contribution in [0.5, 0.6) is 5.75 Å². The average Bonchev–Trinajstić information content (AvgIpc) is 3.71. The highest BCUT2D eigenvalue weighted by atomic mass is 35.5. The first-order valence-corrected chi connectivity index (χ1v) is 14.3. The predicted molar refractivity (Wildman–Crippen MR) is 152 cm³/mol. The van der Waals surface area contributed by atoms with E-state index >= 15 is 0 Å². The van der Waals surface area contributed by atoms with Crippen LogP contribution in [0.3, 0.4) is 0 Å². The van der Waals surface area contributed by atoms with Crippen LogP contribution in [-0.2, 0) is 5.54 Å². The molecule has 212 valence electrons. The van der Waals surface area contributed by atoms with Crippen molar-refractivity contribution in [3.63, 3.8) is 0 Å². The van der Waals surface area contributed by atoms with E-state index in [-0.39, 0.29) is 28.5 Å². The highest BCUT2D eigenvalue weighted by Crippen LogP contribution is 2.57. The van der Waals surface area contributed by atoms with E-state index in [1.807, 2.05) is 11.9 Å². The molecule has 0 spiro atoms. The molecular formula is C30H34ClN3O6. The summed E-state index contributed by atoms with van der Waals surface area (Å²) < 4.78 is 6.45. The number of rotatable bonds is 5. The maximum absolute atomic E-state index is 13.5. The van der Waals surface area contributed by atoms with E-state index in [4.69, 9.17) is 16.0 Å². The van der Waals surface area contributed by atoms with Crippen LogP contribution in [0.15, 0.2) is 45.6 Å². The Balaban J connectivity index is 1.63. The van der Waals surface area contributed by atoms with Crippen LogP contribution in [0.25, 0.3) is 22.3 Å². The number of piperidine rings is 2. The molecule has 3 aliphatic rings. The van der Waals surface area contributed by atoms with Gasteiger partial charge in [0.05, 0.1) is 16.7 Å². The Hall–Kier alpha value is -3.11. The van der Waals surface area contributed by atoms with Crippen molar-refractivity contribution in [3.05, 3.63) is 62.8 Å². The Morgan fingerprint density at radius 3 is 2.65 bits per heavy atom. The number of fused-ring (bicyclic) bond motifs is 1. The first-order valence-electron chi connectivity index (χ1n) is 13.9. The Labute approximate surface area is 237 Å². The van der Waals surface area contributed by atoms with Crippen LogP contribution in [-0.4, -0.2) is 76.6 Å². The summed E-state index contributed by atoms with van der Waals surface area (Å²) in [5, 5.41) is 36.9. The predicted octanol–water partition coefficient (Wildman–Crippen LogP) is 4.32. The van der Waals surface area contributed by atoms with Crippen LogP contribution in [0.1, 0.15) is 49.1 Å². The fraction of sp³-hybridized carbons (Fsp3) is 0.467. The van der Waals surface area contributed by atoms with Gasteiger partial charge in [0.25, 0.3) is 0 Å². The third-order valence-corrected chi connectivity index (χ3v) is 9.17. The van der Waals surface area contributed by atoms with Crippen molar-refractivity contribution in [1.29, 1.82) is 0 Å². The van der Waals surface area contributed by atoms with Crippen molar-refractivity contribution in [2.75, 3.05) is 33.2 Å². The number of phenols is 1. The molecule has 0 bridgehead atoms. The largest absolute Gasteiger partial charge is 0.507 e. The average molecular weight is 568 g/mol. The zero-order chi connectivity index (χ0) is 28.2. The zero-order valence-electron chi connectivity index (χ0n) is 22.4. The van der Waals surface area contributed by atoms with Gasteiger partial charge in [-0.1, -0.05) is 23.7 Å². The number of benzene rings is 2. The summed E-state index contributed by atoms with van der Waals surface area (Å²) in [6, 6.07) is 9.68. The highest BCUT2D eigenvalue weighted by molar-refractivity contribution is 6.33. The van der Waals surface area contributed by atoms with E-state index < -0.39 is 29.1 Å². The number of aliphatic hydroxyl groups is 1. The van der Waals surface area contributed by atoms with Gasteiger partial charge in [0.2, 0.25) is 0 Å². The third kappa shape index (κ3) is 4.55. The lowest BCUT2D eigenvalue weighted by Gasteiger charge is -2.41. The maximum Gasteiger partial charge on any atom is 0.408 e. The Kier molecular flexibility index (Phi) is 7.02. The molecule has 40 heavy (non-hydrogen) atoms. The number of aliphatic hydroxyl groups excluding tert-OH is 1. The van der Waals surface area contributed by atoms with Crippen molar-refractivity contribution in [2.24, 2.45) is 0 Å². The topological polar surface area (TPSA) is 126 Å². The molecular weight excluding hydrogens is 534 g/mol. The summed E-state index contributed by atoms with van der Waals surface area (Å²) in [6.45, 7) is 2.52. The molecule has 0 radical (unpaired) electrons. The van der Waals surface area contributed by atoms with Crippen LogP contribution in [0, 0.1) is 0 Å². The number of phenolic OH excluding ortho intramolecular Hbond substituents is 1. The summed E-state index contributed by atoms with van der Waals surface area (Å²) in [5.41, 5.74) is 0.609. The van der Waals surface area contributed by atoms with Crippen LogP contribution < -0.4 is 10.7 Å². The molecule has 3 heterocycles. The number of nitrogens with zero attached hydrogens (tertiary/aromatic N) is 2. The number of halogens is 1. The second-order valence-electron chi connectivity index (χ2n) is 11.4. The van der Waals surface area contributed by atoms with Crippen molar-refractivity contribution < 1.29 is 24.5 Å². The molecule has 1 saturated carbocycles. The van der Waals surface area contributed by atoms with E-state index in [1.165, 1.54) is 6.07 Å². The number of likely N-dealkylation sites (tertiary alicyclic amines) is 1. The highest BCUT2D eigenvalue weighted by Gasteiger charge is 2.56. The van der Waals surface area contributed by atoms with Gasteiger partial charge in [-0.2, -0.15) is 0 Å². The number of hydrogen-bond donors (Lipinski definition) is 4. The molecule has 10 heteroatoms. The number of β-amino-alcohol motifs (C(OH)–C–C–N with tert-alkyl or cyclic N) is 1. The summed E-state index contributed by atoms with van der Waals surface area (Å²) >= 11 is 6.46. The summed E-state index contributed by atoms with van der Waals surface area (Å²) in [5.74, 6) is -0.426.